The molecule has 0 radical (unpaired) electrons. The van der Waals surface area contributed by atoms with Crippen molar-refractivity contribution in [3.63, 3.8) is 0 Å². The van der Waals surface area contributed by atoms with E-state index in [0.29, 0.717) is 64.6 Å². The second kappa shape index (κ2) is 8.64. The maximum Gasteiger partial charge on any atom is 0.435 e. The van der Waals surface area contributed by atoms with Crippen molar-refractivity contribution in [1.82, 2.24) is 29.5 Å². The van der Waals surface area contributed by atoms with Gasteiger partial charge < -0.3 is 25.8 Å². The molecule has 3 aromatic heterocycles. The third-order valence-electron chi connectivity index (χ3n) is 5.68. The van der Waals surface area contributed by atoms with Crippen LogP contribution >= 0.6 is 23.2 Å². The van der Waals surface area contributed by atoms with Gasteiger partial charge in [0, 0.05) is 32.2 Å². The number of alkyl halides is 3. The second-order valence-electron chi connectivity index (χ2n) is 7.93. The number of anilines is 2. The van der Waals surface area contributed by atoms with Gasteiger partial charge in [0.1, 0.15) is 5.82 Å². The Morgan fingerprint density at radius 3 is 2.54 bits per heavy atom. The van der Waals surface area contributed by atoms with E-state index < -0.39 is 17.9 Å². The summed E-state index contributed by atoms with van der Waals surface area (Å²) in [6, 6.07) is 4.35. The summed E-state index contributed by atoms with van der Waals surface area (Å²) < 4.78 is 41.6. The van der Waals surface area contributed by atoms with Gasteiger partial charge in [0.15, 0.2) is 17.2 Å². The molecule has 0 atom stereocenters. The number of aromatic nitrogens is 5. The van der Waals surface area contributed by atoms with Gasteiger partial charge in [-0.15, -0.1) is 5.10 Å². The fourth-order valence-corrected chi connectivity index (χ4v) is 4.23. The lowest BCUT2D eigenvalue weighted by molar-refractivity contribution is -0.142. The van der Waals surface area contributed by atoms with Crippen molar-refractivity contribution in [2.45, 2.75) is 12.7 Å². The Hall–Kier alpha value is -3.45. The van der Waals surface area contributed by atoms with E-state index in [2.05, 4.69) is 25.4 Å². The van der Waals surface area contributed by atoms with Crippen LogP contribution in [0.1, 0.15) is 11.5 Å². The Labute approximate surface area is 205 Å². The summed E-state index contributed by atoms with van der Waals surface area (Å²) in [5, 5.41) is 8.03. The number of benzene rings is 1. The molecule has 1 aliphatic rings. The number of fused-ring (bicyclic) bond motifs is 2. The predicted octanol–water partition coefficient (Wildman–Crippen LogP) is 3.74. The van der Waals surface area contributed by atoms with Crippen LogP contribution in [0.25, 0.3) is 16.7 Å². The Kier molecular flexibility index (Phi) is 5.75. The van der Waals surface area contributed by atoms with Crippen LogP contribution in [0.5, 0.6) is 0 Å². The summed E-state index contributed by atoms with van der Waals surface area (Å²) in [5.74, 6) is 0.823. The average Bonchev–Trinajstić information content (AvgIpc) is 3.41. The minimum Gasteiger partial charge on any atom is -0.375 e. The van der Waals surface area contributed by atoms with Crippen LogP contribution in [0.4, 0.5) is 29.5 Å². The van der Waals surface area contributed by atoms with Gasteiger partial charge in [-0.25, -0.2) is 19.3 Å². The van der Waals surface area contributed by atoms with E-state index in [1.807, 2.05) is 0 Å². The highest BCUT2D eigenvalue weighted by Crippen LogP contribution is 2.33. The maximum atomic E-state index is 13.6. The molecule has 4 heterocycles. The summed E-state index contributed by atoms with van der Waals surface area (Å²) in [5.41, 5.74) is 5.94. The molecule has 10 nitrogen and oxygen atoms in total. The number of hydrogen-bond acceptors (Lipinski definition) is 6. The first-order valence-corrected chi connectivity index (χ1v) is 11.2. The van der Waals surface area contributed by atoms with Crippen molar-refractivity contribution in [1.29, 1.82) is 0 Å². The molecule has 0 saturated carbocycles. The number of urea groups is 1. The van der Waals surface area contributed by atoms with Crippen LogP contribution < -0.4 is 16.0 Å². The number of amides is 2. The number of nitrogens with zero attached hydrogens (tertiary/aromatic N) is 6. The van der Waals surface area contributed by atoms with Crippen LogP contribution in [0, 0.1) is 0 Å². The van der Waals surface area contributed by atoms with Crippen LogP contribution in [0.2, 0.25) is 10.0 Å². The monoisotopic (exact) mass is 527 g/mol. The third kappa shape index (κ3) is 4.48. The summed E-state index contributed by atoms with van der Waals surface area (Å²) in [7, 11) is 0. The molecule has 2 amide bonds. The highest BCUT2D eigenvalue weighted by molar-refractivity contribution is 6.42. The molecule has 0 aliphatic carbocycles. The van der Waals surface area contributed by atoms with Gasteiger partial charge in [0.05, 0.1) is 39.5 Å². The minimum atomic E-state index is -4.65. The number of carbonyl (C=O) groups is 1. The van der Waals surface area contributed by atoms with E-state index >= 15 is 0 Å². The molecule has 1 fully saturated rings. The van der Waals surface area contributed by atoms with Gasteiger partial charge >= 0.3 is 12.2 Å². The van der Waals surface area contributed by atoms with Crippen molar-refractivity contribution < 1.29 is 18.0 Å². The molecule has 1 aliphatic heterocycles. The topological polar surface area (TPSA) is 120 Å². The van der Waals surface area contributed by atoms with E-state index in [-0.39, 0.29) is 12.2 Å². The van der Waals surface area contributed by atoms with E-state index in [1.165, 1.54) is 4.90 Å². The van der Waals surface area contributed by atoms with Gasteiger partial charge in [-0.3, -0.25) is 0 Å². The summed E-state index contributed by atoms with van der Waals surface area (Å²) in [6.07, 6.45) is -3.91. The lowest BCUT2D eigenvalue weighted by atomic mass is 10.3. The number of rotatable bonds is 4. The zero-order valence-electron chi connectivity index (χ0n) is 17.9. The minimum absolute atomic E-state index is 0.0130. The number of halogens is 5. The molecule has 184 valence electrons. The first-order chi connectivity index (χ1) is 16.6. The molecule has 1 saturated heterocycles. The van der Waals surface area contributed by atoms with Crippen molar-refractivity contribution in [3.05, 3.63) is 46.0 Å². The van der Waals surface area contributed by atoms with Gasteiger partial charge in [-0.2, -0.15) is 13.2 Å². The smallest absolute Gasteiger partial charge is 0.375 e. The van der Waals surface area contributed by atoms with E-state index in [0.717, 1.165) is 10.7 Å². The second-order valence-corrected chi connectivity index (χ2v) is 8.74. The first kappa shape index (κ1) is 23.3. The van der Waals surface area contributed by atoms with Crippen LogP contribution in [0.3, 0.4) is 0 Å². The molecule has 35 heavy (non-hydrogen) atoms. The van der Waals surface area contributed by atoms with E-state index in [9.17, 15) is 18.0 Å². The van der Waals surface area contributed by atoms with E-state index in [1.54, 1.807) is 23.1 Å². The molecule has 0 spiro atoms. The molecule has 0 unspecified atom stereocenters. The van der Waals surface area contributed by atoms with E-state index in [4.69, 9.17) is 28.9 Å². The third-order valence-corrected chi connectivity index (χ3v) is 6.40. The Morgan fingerprint density at radius 2 is 1.86 bits per heavy atom. The van der Waals surface area contributed by atoms with Crippen LogP contribution in [-0.4, -0.2) is 61.7 Å². The Balaban J connectivity index is 1.48. The molecular weight excluding hydrogens is 510 g/mol. The molecule has 5 rings (SSSR count). The number of H-pyrrole nitrogens is 1. The van der Waals surface area contributed by atoms with Gasteiger partial charge in [0.2, 0.25) is 0 Å². The zero-order valence-corrected chi connectivity index (χ0v) is 19.4. The molecule has 4 N–H and O–H groups in total. The normalized spacial score (nSPS) is 14.8. The maximum absolute atomic E-state index is 13.6. The summed E-state index contributed by atoms with van der Waals surface area (Å²) in [6.45, 7) is 1.55. The molecule has 0 bridgehead atoms. The number of piperazine rings is 1. The quantitative estimate of drug-likeness (QED) is 0.371. The Bertz CT molecular complexity index is 1390. The molecule has 4 aromatic rings. The molecule has 1 aromatic carbocycles. The molecular formula is C20H18Cl2F3N9O. The number of imidazole rings is 2. The fraction of sp³-hybridized carbons (Fsp3) is 0.300. The first-order valence-electron chi connectivity index (χ1n) is 10.4. The zero-order chi connectivity index (χ0) is 24.9. The number of nitrogens with one attached hydrogen (secondary N) is 2. The van der Waals surface area contributed by atoms with Crippen LogP contribution in [-0.2, 0) is 12.7 Å². The largest absolute Gasteiger partial charge is 0.435 e. The van der Waals surface area contributed by atoms with Gasteiger partial charge in [-0.05, 0) is 12.1 Å². The summed E-state index contributed by atoms with van der Waals surface area (Å²) >= 11 is 12.1. The number of carbonyl (C=O) groups excluding carboxylic acids is 1. The number of nitrogens with two attached hydrogens (primary N) is 1. The highest BCUT2D eigenvalue weighted by atomic mass is 35.5. The van der Waals surface area contributed by atoms with Crippen molar-refractivity contribution in [3.8, 4) is 0 Å². The predicted molar refractivity (Wildman–Crippen MR) is 125 cm³/mol. The van der Waals surface area contributed by atoms with Crippen molar-refractivity contribution in [2.24, 2.45) is 5.73 Å². The standard InChI is InChI=1S/C20H18Cl2F3N9O/c21-10-5-12-13(6-11(10)22)30-16(29-12)9-27-14-7-17(32-1-3-33(4-2-32)19(26)35)31-34-15(20(23,24)25)8-28-18(14)34/h5-8,27H,1-4,9H2,(H2,26,35)(H,29,30). The number of hydrogen-bond donors (Lipinski definition) is 3. The van der Waals surface area contributed by atoms with Gasteiger partial charge in [-0.1, -0.05) is 23.2 Å². The number of primary amides is 1. The SMILES string of the molecule is NC(=O)N1CCN(c2cc(NCc3nc4cc(Cl)c(Cl)cc4[nH]3)c3ncc(C(F)(F)F)n3n2)CC1. The van der Waals surface area contributed by atoms with Crippen LogP contribution in [0.15, 0.2) is 24.4 Å². The highest BCUT2D eigenvalue weighted by Gasteiger charge is 2.36. The average molecular weight is 528 g/mol. The van der Waals surface area contributed by atoms with Crippen molar-refractivity contribution >= 4 is 57.4 Å². The number of aromatic amines is 1. The lowest BCUT2D eigenvalue weighted by Crippen LogP contribution is -2.50. The van der Waals surface area contributed by atoms with Crippen molar-refractivity contribution in [2.75, 3.05) is 36.4 Å². The fourth-order valence-electron chi connectivity index (χ4n) is 3.91. The summed E-state index contributed by atoms with van der Waals surface area (Å²) in [4.78, 5) is 26.2. The van der Waals surface area contributed by atoms with Gasteiger partial charge in [0.25, 0.3) is 0 Å². The lowest BCUT2D eigenvalue weighted by Gasteiger charge is -2.34. The Morgan fingerprint density at radius 1 is 1.14 bits per heavy atom. The molecule has 15 heteroatoms.